The van der Waals surface area contributed by atoms with E-state index >= 15 is 0 Å². The molecule has 1 aliphatic carbocycles. The second-order valence-corrected chi connectivity index (χ2v) is 7.31. The van der Waals surface area contributed by atoms with E-state index in [9.17, 15) is 0 Å². The summed E-state index contributed by atoms with van der Waals surface area (Å²) < 4.78 is 0. The monoisotopic (exact) mass is 210 g/mol. The molecule has 0 heterocycles. The van der Waals surface area contributed by atoms with Crippen LogP contribution in [0, 0.1) is 35.0 Å². The Kier molecular flexibility index (Phi) is 3.90. The second-order valence-electron chi connectivity index (χ2n) is 7.31. The first-order chi connectivity index (χ1) is 6.73. The molecule has 0 saturated heterocycles. The van der Waals surface area contributed by atoms with Crippen molar-refractivity contribution in [3.05, 3.63) is 0 Å². The fourth-order valence-corrected chi connectivity index (χ4v) is 3.37. The average molecular weight is 210 g/mol. The highest BCUT2D eigenvalue weighted by Gasteiger charge is 2.40. The Morgan fingerprint density at radius 1 is 0.933 bits per heavy atom. The van der Waals surface area contributed by atoms with Crippen LogP contribution in [0.4, 0.5) is 0 Å². The Morgan fingerprint density at radius 2 is 1.40 bits per heavy atom. The molecule has 0 bridgehead atoms. The Morgan fingerprint density at radius 3 is 1.80 bits per heavy atom. The molecular formula is C15H30. The van der Waals surface area contributed by atoms with Gasteiger partial charge in [-0.15, -0.1) is 0 Å². The molecule has 1 rings (SSSR count). The summed E-state index contributed by atoms with van der Waals surface area (Å²) in [6.45, 7) is 17.0. The highest BCUT2D eigenvalue weighted by Crippen LogP contribution is 2.48. The standard InChI is InChI=1S/C15H30/c1-10(2)13-8-11(3)12(4)9-14(13)15(5,6)7/h10-14H,8-9H2,1-7H3. The van der Waals surface area contributed by atoms with E-state index in [1.807, 2.05) is 0 Å². The molecule has 4 unspecified atom stereocenters. The summed E-state index contributed by atoms with van der Waals surface area (Å²) in [6.07, 6.45) is 2.88. The van der Waals surface area contributed by atoms with Crippen LogP contribution in [0.1, 0.15) is 61.3 Å². The van der Waals surface area contributed by atoms with Gasteiger partial charge in [0.25, 0.3) is 0 Å². The van der Waals surface area contributed by atoms with Crippen molar-refractivity contribution in [2.75, 3.05) is 0 Å². The fourth-order valence-electron chi connectivity index (χ4n) is 3.37. The van der Waals surface area contributed by atoms with Gasteiger partial charge in [-0.2, -0.15) is 0 Å². The molecule has 0 N–H and O–H groups in total. The molecule has 1 fully saturated rings. The molecule has 1 aliphatic rings. The Labute approximate surface area is 96.8 Å². The van der Waals surface area contributed by atoms with Gasteiger partial charge in [0.15, 0.2) is 0 Å². The van der Waals surface area contributed by atoms with Gasteiger partial charge in [0.1, 0.15) is 0 Å². The molecule has 0 aromatic rings. The average Bonchev–Trinajstić information content (AvgIpc) is 2.06. The summed E-state index contributed by atoms with van der Waals surface area (Å²) in [5.74, 6) is 4.56. The first kappa shape index (κ1) is 13.1. The highest BCUT2D eigenvalue weighted by molar-refractivity contribution is 4.89. The van der Waals surface area contributed by atoms with Crippen LogP contribution in [0.5, 0.6) is 0 Å². The van der Waals surface area contributed by atoms with E-state index in [4.69, 9.17) is 0 Å². The zero-order valence-electron chi connectivity index (χ0n) is 11.8. The molecule has 0 heteroatoms. The summed E-state index contributed by atoms with van der Waals surface area (Å²) in [6, 6.07) is 0. The molecule has 1 saturated carbocycles. The minimum Gasteiger partial charge on any atom is -0.0625 e. The first-order valence-corrected chi connectivity index (χ1v) is 6.73. The van der Waals surface area contributed by atoms with E-state index in [1.54, 1.807) is 0 Å². The van der Waals surface area contributed by atoms with Crippen LogP contribution in [0.25, 0.3) is 0 Å². The van der Waals surface area contributed by atoms with E-state index in [-0.39, 0.29) is 0 Å². The van der Waals surface area contributed by atoms with Crippen LogP contribution in [-0.4, -0.2) is 0 Å². The smallest absolute Gasteiger partial charge is 0.0332 e. The third-order valence-electron chi connectivity index (χ3n) is 4.73. The largest absolute Gasteiger partial charge is 0.0625 e. The van der Waals surface area contributed by atoms with E-state index in [2.05, 4.69) is 48.5 Å². The Balaban J connectivity index is 2.82. The van der Waals surface area contributed by atoms with Gasteiger partial charge in [0, 0.05) is 0 Å². The third-order valence-corrected chi connectivity index (χ3v) is 4.73. The number of hydrogen-bond donors (Lipinski definition) is 0. The lowest BCUT2D eigenvalue weighted by molar-refractivity contribution is 0.0259. The van der Waals surface area contributed by atoms with Crippen molar-refractivity contribution in [1.29, 1.82) is 0 Å². The molecule has 4 atom stereocenters. The van der Waals surface area contributed by atoms with E-state index in [0.717, 1.165) is 29.6 Å². The van der Waals surface area contributed by atoms with Gasteiger partial charge < -0.3 is 0 Å². The Hall–Kier alpha value is 0. The maximum Gasteiger partial charge on any atom is -0.0332 e. The van der Waals surface area contributed by atoms with Crippen molar-refractivity contribution in [1.82, 2.24) is 0 Å². The Bertz CT molecular complexity index is 197. The molecule has 0 aliphatic heterocycles. The maximum absolute atomic E-state index is 2.44. The van der Waals surface area contributed by atoms with Crippen LogP contribution in [-0.2, 0) is 0 Å². The zero-order chi connectivity index (χ0) is 11.8. The third kappa shape index (κ3) is 2.98. The number of rotatable bonds is 1. The molecule has 0 radical (unpaired) electrons. The van der Waals surface area contributed by atoms with Gasteiger partial charge in [-0.3, -0.25) is 0 Å². The van der Waals surface area contributed by atoms with Crippen molar-refractivity contribution >= 4 is 0 Å². The minimum absolute atomic E-state index is 0.489. The van der Waals surface area contributed by atoms with Crippen molar-refractivity contribution in [3.63, 3.8) is 0 Å². The highest BCUT2D eigenvalue weighted by atomic mass is 14.4. The number of hydrogen-bond acceptors (Lipinski definition) is 0. The van der Waals surface area contributed by atoms with Gasteiger partial charge in [0.2, 0.25) is 0 Å². The van der Waals surface area contributed by atoms with Crippen LogP contribution in [0.2, 0.25) is 0 Å². The minimum atomic E-state index is 0.489. The van der Waals surface area contributed by atoms with Gasteiger partial charge >= 0.3 is 0 Å². The van der Waals surface area contributed by atoms with Crippen LogP contribution in [0.3, 0.4) is 0 Å². The van der Waals surface area contributed by atoms with E-state index in [0.29, 0.717) is 5.41 Å². The summed E-state index contributed by atoms with van der Waals surface area (Å²) in [5.41, 5.74) is 0.489. The van der Waals surface area contributed by atoms with Crippen molar-refractivity contribution in [2.45, 2.75) is 61.3 Å². The molecule has 0 amide bonds. The molecular weight excluding hydrogens is 180 g/mol. The molecule has 0 nitrogen and oxygen atoms in total. The maximum atomic E-state index is 2.44. The molecule has 0 aromatic heterocycles. The SMILES string of the molecule is CC(C)C1CC(C)C(C)CC1C(C)(C)C. The van der Waals surface area contributed by atoms with Crippen molar-refractivity contribution < 1.29 is 0 Å². The predicted molar refractivity (Wildman–Crippen MR) is 68.8 cm³/mol. The zero-order valence-corrected chi connectivity index (χ0v) is 11.8. The summed E-state index contributed by atoms with van der Waals surface area (Å²) in [5, 5.41) is 0. The van der Waals surface area contributed by atoms with Crippen molar-refractivity contribution in [2.24, 2.45) is 35.0 Å². The molecule has 90 valence electrons. The van der Waals surface area contributed by atoms with Crippen LogP contribution >= 0.6 is 0 Å². The lowest BCUT2D eigenvalue weighted by Gasteiger charge is -2.47. The van der Waals surface area contributed by atoms with E-state index in [1.165, 1.54) is 12.8 Å². The topological polar surface area (TPSA) is 0 Å². The quantitative estimate of drug-likeness (QED) is 0.572. The normalized spacial score (nSPS) is 38.4. The first-order valence-electron chi connectivity index (χ1n) is 6.73. The fraction of sp³-hybridized carbons (Fsp3) is 1.00. The second kappa shape index (κ2) is 4.47. The lowest BCUT2D eigenvalue weighted by Crippen LogP contribution is -2.39. The van der Waals surface area contributed by atoms with Crippen molar-refractivity contribution in [3.8, 4) is 0 Å². The summed E-state index contributed by atoms with van der Waals surface area (Å²) in [4.78, 5) is 0. The predicted octanol–water partition coefficient (Wildman–Crippen LogP) is 4.99. The molecule has 15 heavy (non-hydrogen) atoms. The van der Waals surface area contributed by atoms with E-state index < -0.39 is 0 Å². The van der Waals surface area contributed by atoms with Gasteiger partial charge in [-0.1, -0.05) is 48.5 Å². The van der Waals surface area contributed by atoms with Crippen LogP contribution < -0.4 is 0 Å². The van der Waals surface area contributed by atoms with Gasteiger partial charge in [-0.25, -0.2) is 0 Å². The van der Waals surface area contributed by atoms with Crippen LogP contribution in [0.15, 0.2) is 0 Å². The summed E-state index contributed by atoms with van der Waals surface area (Å²) >= 11 is 0. The van der Waals surface area contributed by atoms with Gasteiger partial charge in [0.05, 0.1) is 0 Å². The molecule has 0 aromatic carbocycles. The molecule has 0 spiro atoms. The lowest BCUT2D eigenvalue weighted by atomic mass is 9.58. The summed E-state index contributed by atoms with van der Waals surface area (Å²) in [7, 11) is 0. The van der Waals surface area contributed by atoms with Gasteiger partial charge in [-0.05, 0) is 47.8 Å².